The van der Waals surface area contributed by atoms with E-state index in [0.717, 1.165) is 5.69 Å². The van der Waals surface area contributed by atoms with Crippen molar-refractivity contribution in [1.82, 2.24) is 14.5 Å². The van der Waals surface area contributed by atoms with Gasteiger partial charge in [0.2, 0.25) is 5.91 Å². The van der Waals surface area contributed by atoms with Gasteiger partial charge in [-0.15, -0.1) is 0 Å². The van der Waals surface area contributed by atoms with Crippen LogP contribution in [-0.2, 0) is 11.3 Å². The molecule has 0 bridgehead atoms. The van der Waals surface area contributed by atoms with Crippen LogP contribution in [-0.4, -0.2) is 20.4 Å². The standard InChI is InChI=1S/C16H14N4O2/c1-11-5-4-8-14(18-11)19-15(21)10-20-13-7-3-2-6-12(13)17-9-16(20)22/h2-9H,10H2,1H3,(H,18,19,21). The summed E-state index contributed by atoms with van der Waals surface area (Å²) in [6, 6.07) is 12.6. The fraction of sp³-hybridized carbons (Fsp3) is 0.125. The molecule has 0 radical (unpaired) electrons. The van der Waals surface area contributed by atoms with Crippen LogP contribution >= 0.6 is 0 Å². The van der Waals surface area contributed by atoms with E-state index in [0.29, 0.717) is 16.9 Å². The van der Waals surface area contributed by atoms with Crippen LogP contribution < -0.4 is 10.9 Å². The molecule has 0 saturated carbocycles. The molecule has 0 spiro atoms. The number of aryl methyl sites for hydroxylation is 1. The molecule has 0 saturated heterocycles. The van der Waals surface area contributed by atoms with E-state index in [9.17, 15) is 9.59 Å². The first-order valence-electron chi connectivity index (χ1n) is 6.81. The van der Waals surface area contributed by atoms with Gasteiger partial charge in [-0.25, -0.2) is 9.97 Å². The van der Waals surface area contributed by atoms with Gasteiger partial charge in [-0.1, -0.05) is 18.2 Å². The minimum absolute atomic E-state index is 0.0858. The SMILES string of the molecule is Cc1cccc(NC(=O)Cn2c(=O)cnc3ccccc32)n1. The molecule has 0 aliphatic rings. The van der Waals surface area contributed by atoms with Gasteiger partial charge >= 0.3 is 0 Å². The maximum atomic E-state index is 12.2. The number of para-hydroxylation sites is 2. The molecule has 3 aromatic rings. The third-order valence-electron chi connectivity index (χ3n) is 3.21. The lowest BCUT2D eigenvalue weighted by Crippen LogP contribution is -2.28. The number of amides is 1. The van der Waals surface area contributed by atoms with Crippen LogP contribution in [0.4, 0.5) is 5.82 Å². The number of aromatic nitrogens is 3. The minimum Gasteiger partial charge on any atom is -0.309 e. The summed E-state index contributed by atoms with van der Waals surface area (Å²) >= 11 is 0. The Morgan fingerprint density at radius 1 is 1.18 bits per heavy atom. The van der Waals surface area contributed by atoms with Crippen molar-refractivity contribution in [3.8, 4) is 0 Å². The van der Waals surface area contributed by atoms with Crippen LogP contribution in [0, 0.1) is 6.92 Å². The van der Waals surface area contributed by atoms with Crippen molar-refractivity contribution in [2.45, 2.75) is 13.5 Å². The lowest BCUT2D eigenvalue weighted by molar-refractivity contribution is -0.116. The van der Waals surface area contributed by atoms with Crippen LogP contribution in [0.1, 0.15) is 5.69 Å². The van der Waals surface area contributed by atoms with E-state index in [1.165, 1.54) is 10.8 Å². The molecular weight excluding hydrogens is 280 g/mol. The molecule has 0 fully saturated rings. The fourth-order valence-corrected chi connectivity index (χ4v) is 2.22. The maximum Gasteiger partial charge on any atom is 0.269 e. The number of anilines is 1. The second-order valence-corrected chi connectivity index (χ2v) is 4.88. The number of pyridine rings is 1. The van der Waals surface area contributed by atoms with Crippen molar-refractivity contribution in [3.05, 3.63) is 64.7 Å². The van der Waals surface area contributed by atoms with Gasteiger partial charge < -0.3 is 5.32 Å². The highest BCUT2D eigenvalue weighted by atomic mass is 16.2. The van der Waals surface area contributed by atoms with E-state index in [1.807, 2.05) is 25.1 Å². The van der Waals surface area contributed by atoms with Crippen LogP contribution in [0.3, 0.4) is 0 Å². The van der Waals surface area contributed by atoms with E-state index < -0.39 is 0 Å². The lowest BCUT2D eigenvalue weighted by atomic mass is 10.3. The zero-order chi connectivity index (χ0) is 15.5. The molecule has 3 rings (SSSR count). The number of carbonyl (C=O) groups excluding carboxylic acids is 1. The van der Waals surface area contributed by atoms with Gasteiger partial charge in [0.1, 0.15) is 12.4 Å². The first-order valence-corrected chi connectivity index (χ1v) is 6.81. The summed E-state index contributed by atoms with van der Waals surface area (Å²) < 4.78 is 1.40. The fourth-order valence-electron chi connectivity index (χ4n) is 2.22. The van der Waals surface area contributed by atoms with Gasteiger partial charge in [0, 0.05) is 5.69 Å². The molecule has 6 heteroatoms. The van der Waals surface area contributed by atoms with Crippen molar-refractivity contribution in [2.24, 2.45) is 0 Å². The van der Waals surface area contributed by atoms with E-state index in [2.05, 4.69) is 15.3 Å². The molecule has 2 aromatic heterocycles. The molecule has 110 valence electrons. The summed E-state index contributed by atoms with van der Waals surface area (Å²) in [7, 11) is 0. The number of benzene rings is 1. The first-order chi connectivity index (χ1) is 10.6. The normalized spacial score (nSPS) is 10.6. The molecule has 0 atom stereocenters. The third-order valence-corrected chi connectivity index (χ3v) is 3.21. The van der Waals surface area contributed by atoms with Crippen LogP contribution in [0.15, 0.2) is 53.5 Å². The monoisotopic (exact) mass is 294 g/mol. The van der Waals surface area contributed by atoms with Gasteiger partial charge in [-0.05, 0) is 31.2 Å². The quantitative estimate of drug-likeness (QED) is 0.798. The average Bonchev–Trinajstić information content (AvgIpc) is 2.50. The zero-order valence-corrected chi connectivity index (χ0v) is 12.0. The van der Waals surface area contributed by atoms with Crippen molar-refractivity contribution >= 4 is 22.8 Å². The zero-order valence-electron chi connectivity index (χ0n) is 12.0. The Balaban J connectivity index is 1.88. The van der Waals surface area contributed by atoms with Crippen molar-refractivity contribution in [2.75, 3.05) is 5.32 Å². The Hall–Kier alpha value is -3.02. The molecular formula is C16H14N4O2. The summed E-state index contributed by atoms with van der Waals surface area (Å²) in [5, 5.41) is 2.69. The minimum atomic E-state index is -0.314. The topological polar surface area (TPSA) is 76.9 Å². The number of rotatable bonds is 3. The largest absolute Gasteiger partial charge is 0.309 e. The second kappa shape index (κ2) is 5.77. The molecule has 6 nitrogen and oxygen atoms in total. The van der Waals surface area contributed by atoms with E-state index in [1.54, 1.807) is 24.3 Å². The highest BCUT2D eigenvalue weighted by Gasteiger charge is 2.09. The van der Waals surface area contributed by atoms with E-state index in [4.69, 9.17) is 0 Å². The average molecular weight is 294 g/mol. The van der Waals surface area contributed by atoms with Crippen LogP contribution in [0.2, 0.25) is 0 Å². The molecule has 22 heavy (non-hydrogen) atoms. The first kappa shape index (κ1) is 13.9. The second-order valence-electron chi connectivity index (χ2n) is 4.88. The molecule has 0 aliphatic heterocycles. The van der Waals surface area contributed by atoms with E-state index in [-0.39, 0.29) is 18.0 Å². The Kier molecular flexibility index (Phi) is 3.65. The summed E-state index contributed by atoms with van der Waals surface area (Å²) in [5.74, 6) is 0.160. The van der Waals surface area contributed by atoms with Gasteiger partial charge in [-0.2, -0.15) is 0 Å². The predicted molar refractivity (Wildman–Crippen MR) is 83.6 cm³/mol. The Bertz CT molecular complexity index is 902. The Morgan fingerprint density at radius 3 is 2.82 bits per heavy atom. The van der Waals surface area contributed by atoms with Crippen molar-refractivity contribution in [1.29, 1.82) is 0 Å². The summed E-state index contributed by atoms with van der Waals surface area (Å²) in [6.45, 7) is 1.76. The van der Waals surface area contributed by atoms with Crippen LogP contribution in [0.25, 0.3) is 11.0 Å². The van der Waals surface area contributed by atoms with Gasteiger partial charge in [0.15, 0.2) is 0 Å². The molecule has 2 heterocycles. The highest BCUT2D eigenvalue weighted by molar-refractivity contribution is 5.90. The predicted octanol–water partition coefficient (Wildman–Crippen LogP) is 1.74. The highest BCUT2D eigenvalue weighted by Crippen LogP contribution is 2.09. The molecule has 0 aliphatic carbocycles. The van der Waals surface area contributed by atoms with Crippen molar-refractivity contribution < 1.29 is 4.79 Å². The Labute approximate surface area is 126 Å². The smallest absolute Gasteiger partial charge is 0.269 e. The maximum absolute atomic E-state index is 12.2. The number of hydrogen-bond donors (Lipinski definition) is 1. The number of nitrogens with zero attached hydrogens (tertiary/aromatic N) is 3. The molecule has 1 N–H and O–H groups in total. The van der Waals surface area contributed by atoms with Gasteiger partial charge in [0.25, 0.3) is 5.56 Å². The number of fused-ring (bicyclic) bond motifs is 1. The van der Waals surface area contributed by atoms with Gasteiger partial charge in [-0.3, -0.25) is 14.2 Å². The number of hydrogen-bond acceptors (Lipinski definition) is 4. The summed E-state index contributed by atoms with van der Waals surface area (Å²) in [6.07, 6.45) is 1.22. The summed E-state index contributed by atoms with van der Waals surface area (Å²) in [4.78, 5) is 32.4. The van der Waals surface area contributed by atoms with Gasteiger partial charge in [0.05, 0.1) is 17.2 Å². The number of nitrogens with one attached hydrogen (secondary N) is 1. The van der Waals surface area contributed by atoms with Crippen LogP contribution in [0.5, 0.6) is 0 Å². The van der Waals surface area contributed by atoms with E-state index >= 15 is 0 Å². The lowest BCUT2D eigenvalue weighted by Gasteiger charge is -2.09. The van der Waals surface area contributed by atoms with Crippen molar-refractivity contribution in [3.63, 3.8) is 0 Å². The molecule has 1 amide bonds. The third kappa shape index (κ3) is 2.85. The molecule has 0 unspecified atom stereocenters. The number of carbonyl (C=O) groups is 1. The summed E-state index contributed by atoms with van der Waals surface area (Å²) in [5.41, 5.74) is 1.79. The molecule has 1 aromatic carbocycles. The Morgan fingerprint density at radius 2 is 2.00 bits per heavy atom.